The summed E-state index contributed by atoms with van der Waals surface area (Å²) >= 11 is 0. The Morgan fingerprint density at radius 2 is 1.79 bits per heavy atom. The number of amides is 1. The van der Waals surface area contributed by atoms with Crippen LogP contribution in [0.5, 0.6) is 0 Å². The molecule has 0 bridgehead atoms. The lowest BCUT2D eigenvalue weighted by Crippen LogP contribution is -2.44. The van der Waals surface area contributed by atoms with Gasteiger partial charge in [-0.3, -0.25) is 14.5 Å². The largest absolute Gasteiger partial charge is 0.460 e. The van der Waals surface area contributed by atoms with Crippen LogP contribution in [0.1, 0.15) is 53.4 Å². The molecule has 1 saturated carbocycles. The van der Waals surface area contributed by atoms with Gasteiger partial charge in [0.25, 0.3) is 0 Å². The van der Waals surface area contributed by atoms with E-state index < -0.39 is 41.7 Å². The Labute approximate surface area is 141 Å². The van der Waals surface area contributed by atoms with E-state index in [1.807, 2.05) is 0 Å². The van der Waals surface area contributed by atoms with Crippen LogP contribution in [-0.4, -0.2) is 53.3 Å². The molecule has 0 radical (unpaired) electrons. The summed E-state index contributed by atoms with van der Waals surface area (Å²) in [5.74, 6) is -2.31. The number of rotatable bonds is 5. The number of Topliss-reactive ketones (excluding diaryl/α,β-unsaturated/α-hetero) is 2. The van der Waals surface area contributed by atoms with Crippen LogP contribution < -0.4 is 0 Å². The third kappa shape index (κ3) is 4.33. The summed E-state index contributed by atoms with van der Waals surface area (Å²) in [5.41, 5.74) is -0.686. The van der Waals surface area contributed by atoms with Crippen LogP contribution in [0.3, 0.4) is 0 Å². The van der Waals surface area contributed by atoms with Crippen LogP contribution in [0.2, 0.25) is 0 Å². The number of carbonyl (C=O) groups is 4. The van der Waals surface area contributed by atoms with Crippen molar-refractivity contribution in [2.24, 2.45) is 5.41 Å². The summed E-state index contributed by atoms with van der Waals surface area (Å²) in [6.45, 7) is 7.41. The van der Waals surface area contributed by atoms with E-state index in [9.17, 15) is 19.2 Å². The molecule has 7 heteroatoms. The maximum absolute atomic E-state index is 12.5. The third-order valence-corrected chi connectivity index (χ3v) is 4.30. The van der Waals surface area contributed by atoms with E-state index in [-0.39, 0.29) is 12.0 Å². The van der Waals surface area contributed by atoms with Gasteiger partial charge in [0.1, 0.15) is 5.60 Å². The number of hydrogen-bond donors (Lipinski definition) is 0. The van der Waals surface area contributed by atoms with Crippen molar-refractivity contribution in [1.82, 2.24) is 4.90 Å². The number of carbonyl (C=O) groups excluding carboxylic acids is 4. The van der Waals surface area contributed by atoms with E-state index in [0.29, 0.717) is 13.0 Å². The first-order valence-corrected chi connectivity index (χ1v) is 8.29. The Bertz CT molecular complexity index is 558. The van der Waals surface area contributed by atoms with Crippen molar-refractivity contribution < 1.29 is 28.7 Å². The average molecular weight is 339 g/mol. The van der Waals surface area contributed by atoms with Gasteiger partial charge in [-0.1, -0.05) is 0 Å². The van der Waals surface area contributed by atoms with Gasteiger partial charge in [0, 0.05) is 6.54 Å². The minimum absolute atomic E-state index is 0.0236. The average Bonchev–Trinajstić information content (AvgIpc) is 3.07. The molecule has 7 nitrogen and oxygen atoms in total. The molecule has 1 amide bonds. The van der Waals surface area contributed by atoms with Gasteiger partial charge in [-0.25, -0.2) is 9.59 Å². The molecule has 24 heavy (non-hydrogen) atoms. The predicted octanol–water partition coefficient (Wildman–Crippen LogP) is 1.87. The number of nitrogens with zero attached hydrogens (tertiary/aromatic N) is 1. The molecule has 0 aromatic heterocycles. The quantitative estimate of drug-likeness (QED) is 0.431. The molecule has 1 saturated heterocycles. The fourth-order valence-electron chi connectivity index (χ4n) is 2.96. The second kappa shape index (κ2) is 6.53. The number of hydrogen-bond acceptors (Lipinski definition) is 6. The molecule has 0 aromatic rings. The van der Waals surface area contributed by atoms with Crippen molar-refractivity contribution in [1.29, 1.82) is 0 Å². The second-order valence-electron chi connectivity index (χ2n) is 7.61. The normalized spacial score (nSPS) is 21.5. The zero-order chi connectivity index (χ0) is 18.1. The minimum Gasteiger partial charge on any atom is -0.460 e. The minimum atomic E-state index is -1.01. The molecule has 1 aliphatic carbocycles. The van der Waals surface area contributed by atoms with Crippen LogP contribution in [0.15, 0.2) is 0 Å². The van der Waals surface area contributed by atoms with E-state index >= 15 is 0 Å². The first-order chi connectivity index (χ1) is 11.1. The highest BCUT2D eigenvalue weighted by molar-refractivity contribution is 6.37. The number of esters is 1. The van der Waals surface area contributed by atoms with Crippen molar-refractivity contribution in [3.05, 3.63) is 0 Å². The fraction of sp³-hybridized carbons (Fsp3) is 0.765. The fourth-order valence-corrected chi connectivity index (χ4v) is 2.96. The molecular weight excluding hydrogens is 314 g/mol. The first kappa shape index (κ1) is 18.4. The molecule has 1 aliphatic heterocycles. The van der Waals surface area contributed by atoms with Gasteiger partial charge in [-0.2, -0.15) is 0 Å². The highest BCUT2D eigenvalue weighted by atomic mass is 16.6. The Hall–Kier alpha value is -1.92. The molecule has 1 heterocycles. The highest BCUT2D eigenvalue weighted by Crippen LogP contribution is 2.55. The molecular formula is C17H25NO6. The molecule has 2 fully saturated rings. The van der Waals surface area contributed by atoms with Crippen molar-refractivity contribution in [2.75, 3.05) is 13.2 Å². The van der Waals surface area contributed by atoms with Gasteiger partial charge in [0.15, 0.2) is 5.78 Å². The van der Waals surface area contributed by atoms with Crippen molar-refractivity contribution in [3.8, 4) is 0 Å². The number of likely N-dealkylation sites (tertiary alicyclic amines) is 1. The lowest BCUT2D eigenvalue weighted by atomic mass is 9.98. The van der Waals surface area contributed by atoms with Crippen LogP contribution >= 0.6 is 0 Å². The molecule has 1 atom stereocenters. The Morgan fingerprint density at radius 1 is 1.17 bits per heavy atom. The van der Waals surface area contributed by atoms with Gasteiger partial charge in [0.2, 0.25) is 5.78 Å². The zero-order valence-electron chi connectivity index (χ0n) is 14.7. The molecule has 134 valence electrons. The Balaban J connectivity index is 2.05. The molecule has 0 aromatic carbocycles. The van der Waals surface area contributed by atoms with Gasteiger partial charge >= 0.3 is 12.1 Å². The Morgan fingerprint density at radius 3 is 2.29 bits per heavy atom. The number of ketones is 2. The van der Waals surface area contributed by atoms with Crippen LogP contribution in [0.4, 0.5) is 4.79 Å². The first-order valence-electron chi connectivity index (χ1n) is 8.29. The maximum atomic E-state index is 12.5. The van der Waals surface area contributed by atoms with E-state index in [1.165, 1.54) is 4.90 Å². The van der Waals surface area contributed by atoms with E-state index in [1.54, 1.807) is 27.7 Å². The van der Waals surface area contributed by atoms with Crippen LogP contribution in [-0.2, 0) is 23.9 Å². The molecule has 0 N–H and O–H groups in total. The van der Waals surface area contributed by atoms with Crippen LogP contribution in [0.25, 0.3) is 0 Å². The van der Waals surface area contributed by atoms with Crippen molar-refractivity contribution >= 4 is 23.6 Å². The standard InChI is InChI=1S/C17H25NO6/c1-5-23-14(21)13(20)8-12(19)11-9-17(6-7-17)10-18(11)15(22)24-16(2,3)4/h11H,5-10H2,1-4H3/t11-/m0/s1. The summed E-state index contributed by atoms with van der Waals surface area (Å²) in [4.78, 5) is 49.4. The van der Waals surface area contributed by atoms with Crippen molar-refractivity contribution in [3.63, 3.8) is 0 Å². The van der Waals surface area contributed by atoms with Crippen LogP contribution in [0, 0.1) is 5.41 Å². The summed E-state index contributed by atoms with van der Waals surface area (Å²) < 4.78 is 9.99. The topological polar surface area (TPSA) is 90.0 Å². The molecule has 1 spiro atoms. The monoisotopic (exact) mass is 339 g/mol. The second-order valence-corrected chi connectivity index (χ2v) is 7.61. The molecule has 2 rings (SSSR count). The summed E-state index contributed by atoms with van der Waals surface area (Å²) in [6, 6.07) is -0.708. The zero-order valence-corrected chi connectivity index (χ0v) is 14.7. The highest BCUT2D eigenvalue weighted by Gasteiger charge is 2.55. The van der Waals surface area contributed by atoms with E-state index in [4.69, 9.17) is 4.74 Å². The SMILES string of the molecule is CCOC(=O)C(=O)CC(=O)[C@@H]1CC2(CC2)CN1C(=O)OC(C)(C)C. The Kier molecular flexibility index (Phi) is 5.01. The van der Waals surface area contributed by atoms with E-state index in [0.717, 1.165) is 12.8 Å². The summed E-state index contributed by atoms with van der Waals surface area (Å²) in [6.07, 6.45) is 1.36. The predicted molar refractivity (Wildman–Crippen MR) is 84.3 cm³/mol. The lowest BCUT2D eigenvalue weighted by molar-refractivity contribution is -0.154. The molecule has 2 aliphatic rings. The van der Waals surface area contributed by atoms with Crippen molar-refractivity contribution in [2.45, 2.75) is 65.0 Å². The molecule has 0 unspecified atom stereocenters. The third-order valence-electron chi connectivity index (χ3n) is 4.30. The van der Waals surface area contributed by atoms with E-state index in [2.05, 4.69) is 4.74 Å². The smallest absolute Gasteiger partial charge is 0.410 e. The van der Waals surface area contributed by atoms with Gasteiger partial charge < -0.3 is 9.47 Å². The maximum Gasteiger partial charge on any atom is 0.410 e. The van der Waals surface area contributed by atoms with Gasteiger partial charge in [-0.05, 0) is 52.4 Å². The number of ether oxygens (including phenoxy) is 2. The summed E-state index contributed by atoms with van der Waals surface area (Å²) in [7, 11) is 0. The lowest BCUT2D eigenvalue weighted by Gasteiger charge is -2.27. The van der Waals surface area contributed by atoms with Gasteiger partial charge in [-0.15, -0.1) is 0 Å². The van der Waals surface area contributed by atoms with Gasteiger partial charge in [0.05, 0.1) is 19.1 Å². The summed E-state index contributed by atoms with van der Waals surface area (Å²) in [5, 5.41) is 0.